The topological polar surface area (TPSA) is 84.1 Å². The van der Waals surface area contributed by atoms with E-state index in [0.717, 1.165) is 0 Å². The van der Waals surface area contributed by atoms with Gasteiger partial charge in [-0.2, -0.15) is 0 Å². The minimum Gasteiger partial charge on any atom is -0.340 e. The lowest BCUT2D eigenvalue weighted by atomic mass is 10.2. The molecule has 0 fully saturated rings. The van der Waals surface area contributed by atoms with Gasteiger partial charge in [-0.15, -0.1) is 0 Å². The Labute approximate surface area is 94.8 Å². The van der Waals surface area contributed by atoms with Crippen LogP contribution in [0.4, 0.5) is 5.82 Å². The Hall–Kier alpha value is -1.69. The van der Waals surface area contributed by atoms with Gasteiger partial charge < -0.3 is 10.3 Å². The predicted octanol–water partition coefficient (Wildman–Crippen LogP) is 0.490. The highest BCUT2D eigenvalue weighted by Gasteiger charge is 2.14. The van der Waals surface area contributed by atoms with Crippen LogP contribution in [0, 0.1) is 5.92 Å². The van der Waals surface area contributed by atoms with E-state index in [9.17, 15) is 4.79 Å². The molecule has 0 unspecified atom stereocenters. The predicted molar refractivity (Wildman–Crippen MR) is 61.6 cm³/mol. The normalized spacial score (nSPS) is 10.3. The fourth-order valence-corrected chi connectivity index (χ4v) is 1.34. The van der Waals surface area contributed by atoms with Crippen LogP contribution in [-0.4, -0.2) is 34.4 Å². The number of hydrazine groups is 1. The van der Waals surface area contributed by atoms with Crippen LogP contribution in [0.15, 0.2) is 12.4 Å². The maximum Gasteiger partial charge on any atom is 0.273 e. The second-order valence-electron chi connectivity index (χ2n) is 4.01. The van der Waals surface area contributed by atoms with Crippen LogP contribution in [0.2, 0.25) is 0 Å². The largest absolute Gasteiger partial charge is 0.340 e. The van der Waals surface area contributed by atoms with Gasteiger partial charge in [0.1, 0.15) is 5.69 Å². The molecule has 0 aliphatic carbocycles. The molecule has 0 radical (unpaired) electrons. The molecule has 3 N–H and O–H groups in total. The first-order valence-electron chi connectivity index (χ1n) is 5.08. The highest BCUT2D eigenvalue weighted by molar-refractivity contribution is 5.91. The SMILES string of the molecule is CC(C)CN(C)C(=O)c1cnc(NN)cn1. The smallest absolute Gasteiger partial charge is 0.273 e. The van der Waals surface area contributed by atoms with Crippen molar-refractivity contribution < 1.29 is 4.79 Å². The average molecular weight is 223 g/mol. The molecule has 6 nitrogen and oxygen atoms in total. The van der Waals surface area contributed by atoms with Crippen molar-refractivity contribution in [3.8, 4) is 0 Å². The van der Waals surface area contributed by atoms with E-state index in [1.807, 2.05) is 0 Å². The minimum atomic E-state index is -0.134. The summed E-state index contributed by atoms with van der Waals surface area (Å²) >= 11 is 0. The van der Waals surface area contributed by atoms with Crippen molar-refractivity contribution in [2.75, 3.05) is 19.0 Å². The molecule has 1 aromatic heterocycles. The monoisotopic (exact) mass is 223 g/mol. The van der Waals surface area contributed by atoms with E-state index in [0.29, 0.717) is 24.0 Å². The lowest BCUT2D eigenvalue weighted by Gasteiger charge is -2.18. The standard InChI is InChI=1S/C10H17N5O/c1-7(2)6-15(3)10(16)8-4-13-9(14-11)5-12-8/h4-5,7H,6,11H2,1-3H3,(H,13,14). The number of nitrogen functional groups attached to an aromatic ring is 1. The number of nitrogens with one attached hydrogen (secondary N) is 1. The summed E-state index contributed by atoms with van der Waals surface area (Å²) in [5, 5.41) is 0. The number of nitrogens with zero attached hydrogens (tertiary/aromatic N) is 3. The number of hydrogen-bond donors (Lipinski definition) is 2. The van der Waals surface area contributed by atoms with Crippen LogP contribution in [0.1, 0.15) is 24.3 Å². The molecule has 1 amide bonds. The van der Waals surface area contributed by atoms with E-state index in [-0.39, 0.29) is 5.91 Å². The molecule has 0 spiro atoms. The minimum absolute atomic E-state index is 0.134. The van der Waals surface area contributed by atoms with Gasteiger partial charge in [0.2, 0.25) is 0 Å². The summed E-state index contributed by atoms with van der Waals surface area (Å²) in [5.74, 6) is 5.88. The second-order valence-corrected chi connectivity index (χ2v) is 4.01. The summed E-state index contributed by atoms with van der Waals surface area (Å²) in [6, 6.07) is 0. The van der Waals surface area contributed by atoms with Crippen molar-refractivity contribution in [1.82, 2.24) is 14.9 Å². The van der Waals surface area contributed by atoms with Gasteiger partial charge in [-0.3, -0.25) is 4.79 Å². The molecular formula is C10H17N5O. The van der Waals surface area contributed by atoms with Crippen molar-refractivity contribution in [2.24, 2.45) is 11.8 Å². The first-order valence-corrected chi connectivity index (χ1v) is 5.08. The third-order valence-electron chi connectivity index (χ3n) is 2.00. The van der Waals surface area contributed by atoms with E-state index in [2.05, 4.69) is 29.2 Å². The van der Waals surface area contributed by atoms with E-state index in [1.54, 1.807) is 11.9 Å². The Morgan fingerprint density at radius 3 is 2.62 bits per heavy atom. The zero-order chi connectivity index (χ0) is 12.1. The van der Waals surface area contributed by atoms with E-state index in [4.69, 9.17) is 5.84 Å². The highest BCUT2D eigenvalue weighted by Crippen LogP contribution is 2.04. The molecule has 0 aromatic carbocycles. The summed E-state index contributed by atoms with van der Waals surface area (Å²) in [7, 11) is 1.75. The first kappa shape index (κ1) is 12.4. The van der Waals surface area contributed by atoms with Crippen molar-refractivity contribution in [1.29, 1.82) is 0 Å². The Balaban J connectivity index is 2.72. The Morgan fingerprint density at radius 2 is 2.19 bits per heavy atom. The van der Waals surface area contributed by atoms with Crippen molar-refractivity contribution in [3.05, 3.63) is 18.1 Å². The molecule has 0 saturated carbocycles. The van der Waals surface area contributed by atoms with Gasteiger partial charge in [0, 0.05) is 13.6 Å². The second kappa shape index (κ2) is 5.41. The molecule has 0 atom stereocenters. The summed E-state index contributed by atoms with van der Waals surface area (Å²) in [5.41, 5.74) is 2.68. The number of aromatic nitrogens is 2. The number of nitrogens with two attached hydrogens (primary N) is 1. The van der Waals surface area contributed by atoms with Crippen LogP contribution in [0.25, 0.3) is 0 Å². The van der Waals surface area contributed by atoms with Gasteiger partial charge >= 0.3 is 0 Å². The molecular weight excluding hydrogens is 206 g/mol. The van der Waals surface area contributed by atoms with Crippen LogP contribution in [0.5, 0.6) is 0 Å². The Kier molecular flexibility index (Phi) is 4.19. The van der Waals surface area contributed by atoms with Crippen molar-refractivity contribution in [3.63, 3.8) is 0 Å². The molecule has 1 aromatic rings. The molecule has 6 heteroatoms. The maximum absolute atomic E-state index is 11.9. The lowest BCUT2D eigenvalue weighted by Crippen LogP contribution is -2.31. The quantitative estimate of drug-likeness (QED) is 0.573. The first-order chi connectivity index (χ1) is 7.54. The zero-order valence-electron chi connectivity index (χ0n) is 9.77. The molecule has 88 valence electrons. The van der Waals surface area contributed by atoms with Crippen molar-refractivity contribution in [2.45, 2.75) is 13.8 Å². The Morgan fingerprint density at radius 1 is 1.50 bits per heavy atom. The number of carbonyl (C=O) groups excluding carboxylic acids is 1. The number of hydrogen-bond acceptors (Lipinski definition) is 5. The molecule has 0 aliphatic heterocycles. The van der Waals surface area contributed by atoms with Crippen molar-refractivity contribution >= 4 is 11.7 Å². The Bertz CT molecular complexity index is 349. The fourth-order valence-electron chi connectivity index (χ4n) is 1.34. The fraction of sp³-hybridized carbons (Fsp3) is 0.500. The van der Waals surface area contributed by atoms with Gasteiger partial charge in [0.25, 0.3) is 5.91 Å². The van der Waals surface area contributed by atoms with Gasteiger partial charge in [0.15, 0.2) is 5.82 Å². The molecule has 1 heterocycles. The summed E-state index contributed by atoms with van der Waals surface area (Å²) in [4.78, 5) is 21.4. The third kappa shape index (κ3) is 3.16. The van der Waals surface area contributed by atoms with E-state index < -0.39 is 0 Å². The number of amides is 1. The average Bonchev–Trinajstić information content (AvgIpc) is 2.27. The molecule has 1 rings (SSSR count). The van der Waals surface area contributed by atoms with Gasteiger partial charge in [-0.05, 0) is 5.92 Å². The molecule has 0 saturated heterocycles. The van der Waals surface area contributed by atoms with Crippen LogP contribution in [-0.2, 0) is 0 Å². The number of anilines is 1. The van der Waals surface area contributed by atoms with E-state index in [1.165, 1.54) is 12.4 Å². The summed E-state index contributed by atoms with van der Waals surface area (Å²) in [6.07, 6.45) is 2.84. The molecule has 0 bridgehead atoms. The van der Waals surface area contributed by atoms with E-state index >= 15 is 0 Å². The van der Waals surface area contributed by atoms with Gasteiger partial charge in [-0.25, -0.2) is 15.8 Å². The number of rotatable bonds is 4. The zero-order valence-corrected chi connectivity index (χ0v) is 9.77. The van der Waals surface area contributed by atoms with Crippen LogP contribution >= 0.6 is 0 Å². The summed E-state index contributed by atoms with van der Waals surface area (Å²) in [6.45, 7) is 4.80. The highest BCUT2D eigenvalue weighted by atomic mass is 16.2. The third-order valence-corrected chi connectivity index (χ3v) is 2.00. The van der Waals surface area contributed by atoms with Gasteiger partial charge in [-0.1, -0.05) is 13.8 Å². The maximum atomic E-state index is 11.9. The van der Waals surface area contributed by atoms with Gasteiger partial charge in [0.05, 0.1) is 12.4 Å². The lowest BCUT2D eigenvalue weighted by molar-refractivity contribution is 0.0773. The number of carbonyl (C=O) groups is 1. The summed E-state index contributed by atoms with van der Waals surface area (Å²) < 4.78 is 0. The molecule has 0 aliphatic rings. The van der Waals surface area contributed by atoms with Crippen LogP contribution < -0.4 is 11.3 Å². The molecule has 16 heavy (non-hydrogen) atoms. The van der Waals surface area contributed by atoms with Crippen LogP contribution in [0.3, 0.4) is 0 Å².